The number of benzene rings is 1. The molecule has 0 saturated carbocycles. The molecular weight excluding hydrogens is 369 g/mol. The van der Waals surface area contributed by atoms with Crippen LogP contribution in [0.4, 0.5) is 4.39 Å². The van der Waals surface area contributed by atoms with Crippen LogP contribution in [-0.4, -0.2) is 62.8 Å². The molecule has 0 spiro atoms. The van der Waals surface area contributed by atoms with Crippen molar-refractivity contribution in [3.8, 4) is 0 Å². The van der Waals surface area contributed by atoms with Gasteiger partial charge in [0.15, 0.2) is 0 Å². The van der Waals surface area contributed by atoms with E-state index in [0.717, 1.165) is 37.7 Å². The average molecular weight is 398 g/mol. The molecule has 1 aromatic rings. The number of rotatable bonds is 6. The second-order valence-corrected chi connectivity index (χ2v) is 9.56. The van der Waals surface area contributed by atoms with Crippen molar-refractivity contribution in [2.75, 3.05) is 39.3 Å². The molecule has 2 fully saturated rings. The molecule has 0 bridgehead atoms. The van der Waals surface area contributed by atoms with Crippen molar-refractivity contribution < 1.29 is 17.6 Å². The molecule has 0 radical (unpaired) electrons. The molecule has 27 heavy (non-hydrogen) atoms. The second kappa shape index (κ2) is 8.67. The van der Waals surface area contributed by atoms with Crippen LogP contribution in [0.25, 0.3) is 0 Å². The van der Waals surface area contributed by atoms with E-state index in [2.05, 4.69) is 17.1 Å². The second-order valence-electron chi connectivity index (χ2n) is 7.62. The third kappa shape index (κ3) is 5.06. The zero-order valence-electron chi connectivity index (χ0n) is 15.7. The van der Waals surface area contributed by atoms with Gasteiger partial charge in [0.05, 0.1) is 10.8 Å². The number of likely N-dealkylation sites (tertiary alicyclic amines) is 1. The van der Waals surface area contributed by atoms with Gasteiger partial charge in [-0.1, -0.05) is 6.92 Å². The van der Waals surface area contributed by atoms with Gasteiger partial charge in [0, 0.05) is 26.2 Å². The number of piperidine rings is 1. The Kier molecular flexibility index (Phi) is 6.49. The van der Waals surface area contributed by atoms with E-state index >= 15 is 0 Å². The van der Waals surface area contributed by atoms with Gasteiger partial charge in [0.25, 0.3) is 0 Å². The number of nitrogens with one attached hydrogen (secondary N) is 1. The van der Waals surface area contributed by atoms with Gasteiger partial charge < -0.3 is 10.2 Å². The zero-order chi connectivity index (χ0) is 19.4. The Morgan fingerprint density at radius 2 is 1.81 bits per heavy atom. The van der Waals surface area contributed by atoms with Crippen LogP contribution in [0.1, 0.15) is 26.2 Å². The summed E-state index contributed by atoms with van der Waals surface area (Å²) in [6, 6.07) is 4.79. The summed E-state index contributed by atoms with van der Waals surface area (Å²) in [7, 11) is -3.69. The minimum atomic E-state index is -3.69. The van der Waals surface area contributed by atoms with Gasteiger partial charge >= 0.3 is 0 Å². The fraction of sp³-hybridized carbons (Fsp3) is 0.632. The quantitative estimate of drug-likeness (QED) is 0.793. The molecule has 2 saturated heterocycles. The van der Waals surface area contributed by atoms with Gasteiger partial charge in [-0.2, -0.15) is 4.31 Å². The van der Waals surface area contributed by atoms with Crippen LogP contribution < -0.4 is 5.32 Å². The summed E-state index contributed by atoms with van der Waals surface area (Å²) in [6.07, 6.45) is 2.91. The third-order valence-corrected chi connectivity index (χ3v) is 7.46. The molecule has 1 N–H and O–H groups in total. The van der Waals surface area contributed by atoms with E-state index in [-0.39, 0.29) is 23.3 Å². The molecule has 2 aliphatic heterocycles. The topological polar surface area (TPSA) is 69.7 Å². The molecule has 0 aromatic heterocycles. The van der Waals surface area contributed by atoms with Gasteiger partial charge in [-0.25, -0.2) is 12.8 Å². The molecular formula is C19H28FN3O3S. The van der Waals surface area contributed by atoms with Gasteiger partial charge in [-0.05, 0) is 62.5 Å². The summed E-state index contributed by atoms with van der Waals surface area (Å²) in [5, 5.41) is 2.95. The Hall–Kier alpha value is -1.51. The Morgan fingerprint density at radius 1 is 1.15 bits per heavy atom. The number of halogens is 1. The zero-order valence-corrected chi connectivity index (χ0v) is 16.5. The maximum Gasteiger partial charge on any atom is 0.243 e. The van der Waals surface area contributed by atoms with E-state index < -0.39 is 15.8 Å². The molecule has 2 aliphatic rings. The van der Waals surface area contributed by atoms with E-state index in [1.54, 1.807) is 0 Å². The highest BCUT2D eigenvalue weighted by Gasteiger charge is 2.35. The summed E-state index contributed by atoms with van der Waals surface area (Å²) < 4.78 is 39.6. The molecule has 1 aromatic carbocycles. The van der Waals surface area contributed by atoms with Gasteiger partial charge in [-0.15, -0.1) is 0 Å². The lowest BCUT2D eigenvalue weighted by Gasteiger charge is -2.30. The molecule has 2 heterocycles. The predicted molar refractivity (Wildman–Crippen MR) is 101 cm³/mol. The number of carbonyl (C=O) groups excluding carboxylic acids is 1. The normalized spacial score (nSPS) is 22.8. The fourth-order valence-corrected chi connectivity index (χ4v) is 5.18. The van der Waals surface area contributed by atoms with Crippen molar-refractivity contribution in [3.63, 3.8) is 0 Å². The van der Waals surface area contributed by atoms with Crippen LogP contribution in [0.5, 0.6) is 0 Å². The summed E-state index contributed by atoms with van der Waals surface area (Å²) >= 11 is 0. The van der Waals surface area contributed by atoms with Crippen molar-refractivity contribution in [2.24, 2.45) is 11.8 Å². The van der Waals surface area contributed by atoms with Crippen LogP contribution in [0, 0.1) is 17.7 Å². The molecule has 0 aliphatic carbocycles. The van der Waals surface area contributed by atoms with Crippen molar-refractivity contribution in [2.45, 2.75) is 31.1 Å². The number of nitrogens with zero attached hydrogens (tertiary/aromatic N) is 2. The van der Waals surface area contributed by atoms with E-state index in [9.17, 15) is 17.6 Å². The first-order valence-electron chi connectivity index (χ1n) is 9.62. The number of carbonyl (C=O) groups is 1. The highest BCUT2D eigenvalue weighted by atomic mass is 32.2. The molecule has 8 heteroatoms. The maximum atomic E-state index is 13.0. The SMILES string of the molecule is CC1CCN(CCNC(=O)[C@@H]2CCN(S(=O)(=O)c3ccc(F)cc3)C2)CC1. The monoisotopic (exact) mass is 397 g/mol. The summed E-state index contributed by atoms with van der Waals surface area (Å²) in [5.74, 6) is -0.113. The average Bonchev–Trinajstić information content (AvgIpc) is 3.15. The van der Waals surface area contributed by atoms with Crippen LogP contribution in [0.15, 0.2) is 29.2 Å². The Labute approximate surface area is 160 Å². The highest BCUT2D eigenvalue weighted by Crippen LogP contribution is 2.24. The lowest BCUT2D eigenvalue weighted by molar-refractivity contribution is -0.124. The van der Waals surface area contributed by atoms with E-state index in [4.69, 9.17) is 0 Å². The van der Waals surface area contributed by atoms with Crippen molar-refractivity contribution in [1.29, 1.82) is 0 Å². The van der Waals surface area contributed by atoms with Gasteiger partial charge in [0.1, 0.15) is 5.82 Å². The Bertz CT molecular complexity index is 746. The summed E-state index contributed by atoms with van der Waals surface area (Å²) in [4.78, 5) is 14.8. The lowest BCUT2D eigenvalue weighted by atomic mass is 9.99. The smallest absolute Gasteiger partial charge is 0.243 e. The van der Waals surface area contributed by atoms with Crippen molar-refractivity contribution in [1.82, 2.24) is 14.5 Å². The summed E-state index contributed by atoms with van der Waals surface area (Å²) in [6.45, 7) is 6.32. The minimum Gasteiger partial charge on any atom is -0.355 e. The number of hydrogen-bond acceptors (Lipinski definition) is 4. The summed E-state index contributed by atoms with van der Waals surface area (Å²) in [5.41, 5.74) is 0. The van der Waals surface area contributed by atoms with E-state index in [1.165, 1.54) is 29.3 Å². The van der Waals surface area contributed by atoms with Crippen LogP contribution in [0.3, 0.4) is 0 Å². The largest absolute Gasteiger partial charge is 0.355 e. The van der Waals surface area contributed by atoms with E-state index in [1.807, 2.05) is 0 Å². The molecule has 1 amide bonds. The molecule has 150 valence electrons. The maximum absolute atomic E-state index is 13.0. The van der Waals surface area contributed by atoms with Crippen LogP contribution >= 0.6 is 0 Å². The number of sulfonamides is 1. The standard InChI is InChI=1S/C19H28FN3O3S/c1-15-6-10-22(11-7-15)13-9-21-19(24)16-8-12-23(14-16)27(25,26)18-4-2-17(20)3-5-18/h2-5,15-16H,6-14H2,1H3,(H,21,24)/t16-/m1/s1. The first-order valence-corrected chi connectivity index (χ1v) is 11.1. The Balaban J connectivity index is 1.47. The first kappa shape index (κ1) is 20.2. The van der Waals surface area contributed by atoms with E-state index in [0.29, 0.717) is 19.5 Å². The minimum absolute atomic E-state index is 0.0595. The molecule has 0 unspecified atom stereocenters. The van der Waals surface area contributed by atoms with Crippen LogP contribution in [0.2, 0.25) is 0 Å². The van der Waals surface area contributed by atoms with Crippen molar-refractivity contribution in [3.05, 3.63) is 30.1 Å². The Morgan fingerprint density at radius 3 is 2.48 bits per heavy atom. The van der Waals surface area contributed by atoms with Gasteiger partial charge in [-0.3, -0.25) is 4.79 Å². The molecule has 1 atom stereocenters. The van der Waals surface area contributed by atoms with Crippen LogP contribution in [-0.2, 0) is 14.8 Å². The van der Waals surface area contributed by atoms with Crippen molar-refractivity contribution >= 4 is 15.9 Å². The van der Waals surface area contributed by atoms with Gasteiger partial charge in [0.2, 0.25) is 15.9 Å². The predicted octanol–water partition coefficient (Wildman–Crippen LogP) is 1.68. The first-order chi connectivity index (χ1) is 12.9. The lowest BCUT2D eigenvalue weighted by Crippen LogP contribution is -2.41. The number of hydrogen-bond donors (Lipinski definition) is 1. The molecule has 6 nitrogen and oxygen atoms in total. The molecule has 3 rings (SSSR count). The third-order valence-electron chi connectivity index (χ3n) is 5.58. The highest BCUT2D eigenvalue weighted by molar-refractivity contribution is 7.89. The number of amides is 1. The fourth-order valence-electron chi connectivity index (χ4n) is 3.68.